The van der Waals surface area contributed by atoms with E-state index in [1.165, 1.54) is 0 Å². The van der Waals surface area contributed by atoms with Crippen molar-refractivity contribution in [1.29, 1.82) is 0 Å². The Bertz CT molecular complexity index is 574. The molecule has 0 fully saturated rings. The summed E-state index contributed by atoms with van der Waals surface area (Å²) in [7, 11) is 3.62. The number of nitrogens with zero attached hydrogens (tertiary/aromatic N) is 3. The second-order valence-corrected chi connectivity index (χ2v) is 7.13. The smallest absolute Gasteiger partial charge is 0.317 e. The fourth-order valence-electron chi connectivity index (χ4n) is 2.90. The van der Waals surface area contributed by atoms with E-state index in [9.17, 15) is 9.59 Å². The van der Waals surface area contributed by atoms with Crippen LogP contribution in [0, 0.1) is 0 Å². The molecule has 1 aromatic heterocycles. The van der Waals surface area contributed by atoms with E-state index in [0.717, 1.165) is 31.4 Å². The number of aryl methyl sites for hydroxylation is 1. The van der Waals surface area contributed by atoms with Crippen molar-refractivity contribution in [3.8, 4) is 0 Å². The van der Waals surface area contributed by atoms with E-state index in [1.807, 2.05) is 34.8 Å². The molecule has 0 bridgehead atoms. The molecular formula is C21H38N4O3. The monoisotopic (exact) mass is 394 g/mol. The fraction of sp³-hybridized carbons (Fsp3) is 0.714. The maximum absolute atomic E-state index is 13.0. The first kappa shape index (κ1) is 24.0. The van der Waals surface area contributed by atoms with Crippen molar-refractivity contribution in [2.24, 2.45) is 7.05 Å². The number of unbranched alkanes of at least 4 members (excludes halogenated alkanes) is 2. The van der Waals surface area contributed by atoms with Crippen LogP contribution in [0.15, 0.2) is 18.3 Å². The molecule has 1 rings (SSSR count). The summed E-state index contributed by atoms with van der Waals surface area (Å²) >= 11 is 0. The molecule has 0 aliphatic rings. The minimum atomic E-state index is -0.174. The average Bonchev–Trinajstić information content (AvgIpc) is 3.08. The third-order valence-electron chi connectivity index (χ3n) is 4.73. The first-order valence-corrected chi connectivity index (χ1v) is 10.4. The van der Waals surface area contributed by atoms with Crippen molar-refractivity contribution in [2.45, 2.75) is 52.5 Å². The Labute approximate surface area is 170 Å². The maximum atomic E-state index is 13.0. The van der Waals surface area contributed by atoms with E-state index in [4.69, 9.17) is 4.74 Å². The first-order chi connectivity index (χ1) is 13.5. The van der Waals surface area contributed by atoms with Crippen molar-refractivity contribution < 1.29 is 14.3 Å². The molecule has 0 spiro atoms. The molecule has 0 atom stereocenters. The maximum Gasteiger partial charge on any atom is 0.317 e. The van der Waals surface area contributed by atoms with Crippen LogP contribution in [0.1, 0.15) is 51.6 Å². The average molecular weight is 395 g/mol. The number of methoxy groups -OCH3 is 1. The molecule has 0 saturated carbocycles. The molecule has 0 aromatic carbocycles. The molecule has 7 heteroatoms. The van der Waals surface area contributed by atoms with Gasteiger partial charge in [-0.25, -0.2) is 4.79 Å². The van der Waals surface area contributed by atoms with Crippen LogP contribution in [-0.4, -0.2) is 66.2 Å². The highest BCUT2D eigenvalue weighted by Gasteiger charge is 2.21. The molecule has 1 heterocycles. The molecule has 0 radical (unpaired) electrons. The Morgan fingerprint density at radius 2 is 1.82 bits per heavy atom. The van der Waals surface area contributed by atoms with Crippen molar-refractivity contribution in [3.05, 3.63) is 24.0 Å². The van der Waals surface area contributed by atoms with Gasteiger partial charge in [0, 0.05) is 52.3 Å². The van der Waals surface area contributed by atoms with Gasteiger partial charge < -0.3 is 24.4 Å². The highest BCUT2D eigenvalue weighted by atomic mass is 16.5. The second-order valence-electron chi connectivity index (χ2n) is 7.13. The number of carbonyl (C=O) groups excluding carboxylic acids is 2. The zero-order valence-corrected chi connectivity index (χ0v) is 18.1. The van der Waals surface area contributed by atoms with Gasteiger partial charge in [-0.15, -0.1) is 0 Å². The summed E-state index contributed by atoms with van der Waals surface area (Å²) < 4.78 is 7.13. The van der Waals surface area contributed by atoms with Crippen LogP contribution >= 0.6 is 0 Å². The molecule has 28 heavy (non-hydrogen) atoms. The summed E-state index contributed by atoms with van der Waals surface area (Å²) in [6.07, 6.45) is 6.61. The van der Waals surface area contributed by atoms with Gasteiger partial charge in [-0.1, -0.05) is 26.7 Å². The highest BCUT2D eigenvalue weighted by Crippen LogP contribution is 2.08. The first-order valence-electron chi connectivity index (χ1n) is 10.4. The summed E-state index contributed by atoms with van der Waals surface area (Å²) in [6, 6.07) is 3.84. The van der Waals surface area contributed by atoms with Gasteiger partial charge in [0.15, 0.2) is 0 Å². The normalized spacial score (nSPS) is 10.7. The van der Waals surface area contributed by atoms with Gasteiger partial charge in [-0.2, -0.15) is 0 Å². The summed E-state index contributed by atoms with van der Waals surface area (Å²) in [4.78, 5) is 29.1. The highest BCUT2D eigenvalue weighted by molar-refractivity contribution is 5.84. The van der Waals surface area contributed by atoms with Crippen LogP contribution in [-0.2, 0) is 23.1 Å². The number of hydrogen-bond donors (Lipinski definition) is 1. The van der Waals surface area contributed by atoms with Crippen molar-refractivity contribution in [2.75, 3.05) is 39.9 Å². The van der Waals surface area contributed by atoms with Gasteiger partial charge in [-0.3, -0.25) is 4.79 Å². The number of aromatic nitrogens is 1. The summed E-state index contributed by atoms with van der Waals surface area (Å²) in [5, 5.41) is 2.92. The SMILES string of the molecule is CCCCNC(=O)N(CCCOC)CC(=O)N(CCCC)Cc1cccn1C. The topological polar surface area (TPSA) is 66.8 Å². The Hall–Kier alpha value is -2.02. The number of ether oxygens (including phenoxy) is 1. The predicted molar refractivity (Wildman–Crippen MR) is 112 cm³/mol. The quantitative estimate of drug-likeness (QED) is 0.493. The Balaban J connectivity index is 2.77. The summed E-state index contributed by atoms with van der Waals surface area (Å²) in [5.74, 6) is -0.0160. The number of hydrogen-bond acceptors (Lipinski definition) is 3. The Morgan fingerprint density at radius 3 is 2.43 bits per heavy atom. The molecule has 0 saturated heterocycles. The minimum Gasteiger partial charge on any atom is -0.385 e. The van der Waals surface area contributed by atoms with Crippen molar-refractivity contribution >= 4 is 11.9 Å². The van der Waals surface area contributed by atoms with E-state index in [1.54, 1.807) is 12.0 Å². The largest absolute Gasteiger partial charge is 0.385 e. The molecule has 1 aromatic rings. The van der Waals surface area contributed by atoms with Crippen LogP contribution in [0.4, 0.5) is 4.79 Å². The van der Waals surface area contributed by atoms with E-state index < -0.39 is 0 Å². The van der Waals surface area contributed by atoms with Gasteiger partial charge in [0.05, 0.1) is 6.54 Å². The number of rotatable bonds is 14. The second kappa shape index (κ2) is 14.0. The molecule has 0 unspecified atom stereocenters. The Kier molecular flexibility index (Phi) is 12.0. The van der Waals surface area contributed by atoms with E-state index in [0.29, 0.717) is 39.2 Å². The lowest BCUT2D eigenvalue weighted by atomic mass is 10.2. The third-order valence-corrected chi connectivity index (χ3v) is 4.73. The number of nitrogens with one attached hydrogen (secondary N) is 1. The lowest BCUT2D eigenvalue weighted by Crippen LogP contribution is -2.47. The van der Waals surface area contributed by atoms with Gasteiger partial charge in [0.2, 0.25) is 5.91 Å². The molecule has 1 N–H and O–H groups in total. The lowest BCUT2D eigenvalue weighted by Gasteiger charge is -2.28. The fourth-order valence-corrected chi connectivity index (χ4v) is 2.90. The predicted octanol–water partition coefficient (Wildman–Crippen LogP) is 3.00. The van der Waals surface area contributed by atoms with Gasteiger partial charge in [0.1, 0.15) is 6.54 Å². The van der Waals surface area contributed by atoms with Crippen LogP contribution in [0.2, 0.25) is 0 Å². The number of amides is 3. The van der Waals surface area contributed by atoms with Gasteiger partial charge in [0.25, 0.3) is 0 Å². The zero-order chi connectivity index (χ0) is 20.8. The van der Waals surface area contributed by atoms with E-state index >= 15 is 0 Å². The molecule has 3 amide bonds. The van der Waals surface area contributed by atoms with E-state index in [-0.39, 0.29) is 18.5 Å². The van der Waals surface area contributed by atoms with Crippen molar-refractivity contribution in [3.63, 3.8) is 0 Å². The molecule has 7 nitrogen and oxygen atoms in total. The third kappa shape index (κ3) is 8.78. The van der Waals surface area contributed by atoms with E-state index in [2.05, 4.69) is 19.2 Å². The standard InChI is InChI=1S/C21H38N4O3/c1-5-7-12-22-21(27)25(15-10-16-28-4)18-20(26)24(14-8-6-2)17-19-11-9-13-23(19)3/h9,11,13H,5-8,10,12,14-18H2,1-4H3,(H,22,27). The molecule has 160 valence electrons. The Morgan fingerprint density at radius 1 is 1.11 bits per heavy atom. The minimum absolute atomic E-state index is 0.0160. The summed E-state index contributed by atoms with van der Waals surface area (Å²) in [6.45, 7) is 7.25. The number of carbonyl (C=O) groups is 2. The van der Waals surface area contributed by atoms with Gasteiger partial charge in [-0.05, 0) is 31.4 Å². The molecular weight excluding hydrogens is 356 g/mol. The molecule has 0 aliphatic carbocycles. The van der Waals surface area contributed by atoms with Gasteiger partial charge >= 0.3 is 6.03 Å². The summed E-state index contributed by atoms with van der Waals surface area (Å²) in [5.41, 5.74) is 1.09. The lowest BCUT2D eigenvalue weighted by molar-refractivity contribution is -0.132. The zero-order valence-electron chi connectivity index (χ0n) is 18.1. The van der Waals surface area contributed by atoms with Crippen LogP contribution < -0.4 is 5.32 Å². The molecule has 0 aliphatic heterocycles. The van der Waals surface area contributed by atoms with Crippen LogP contribution in [0.3, 0.4) is 0 Å². The number of urea groups is 1. The van der Waals surface area contributed by atoms with Crippen molar-refractivity contribution in [1.82, 2.24) is 19.7 Å². The van der Waals surface area contributed by atoms with Crippen LogP contribution in [0.25, 0.3) is 0 Å². The van der Waals surface area contributed by atoms with Crippen LogP contribution in [0.5, 0.6) is 0 Å².